The Morgan fingerprint density at radius 3 is 2.68 bits per heavy atom. The summed E-state index contributed by atoms with van der Waals surface area (Å²) in [5.41, 5.74) is 3.07. The van der Waals surface area contributed by atoms with Crippen LogP contribution in [0.15, 0.2) is 41.3 Å². The fourth-order valence-corrected chi connectivity index (χ4v) is 2.50. The molecule has 0 saturated carbocycles. The number of anilines is 1. The van der Waals surface area contributed by atoms with E-state index in [1.807, 2.05) is 36.6 Å². The molecule has 0 aliphatic carbocycles. The van der Waals surface area contributed by atoms with Gasteiger partial charge in [0.2, 0.25) is 5.91 Å². The molecule has 6 nitrogen and oxygen atoms in total. The average Bonchev–Trinajstić information content (AvgIpc) is 2.90. The minimum absolute atomic E-state index is 0.0450. The molecule has 2 N–H and O–H groups in total. The van der Waals surface area contributed by atoms with Gasteiger partial charge in [-0.1, -0.05) is 0 Å². The fraction of sp³-hybridized carbons (Fsp3) is 0.188. The Morgan fingerprint density at radius 1 is 1.23 bits per heavy atom. The molecule has 3 aromatic rings. The van der Waals surface area contributed by atoms with Crippen LogP contribution in [-0.2, 0) is 11.3 Å². The van der Waals surface area contributed by atoms with Crippen LogP contribution >= 0.6 is 0 Å². The lowest BCUT2D eigenvalue weighted by Gasteiger charge is -2.14. The number of rotatable bonds is 3. The molecule has 2 aromatic heterocycles. The molecule has 3 rings (SSSR count). The lowest BCUT2D eigenvalue weighted by Crippen LogP contribution is -2.23. The molecule has 1 amide bonds. The van der Waals surface area contributed by atoms with E-state index in [-0.39, 0.29) is 17.9 Å². The Balaban J connectivity index is 1.79. The lowest BCUT2D eigenvalue weighted by atomic mass is 10.2. The maximum Gasteiger partial charge on any atom is 0.244 e. The fourth-order valence-electron chi connectivity index (χ4n) is 2.50. The first-order valence-corrected chi connectivity index (χ1v) is 6.94. The molecule has 22 heavy (non-hydrogen) atoms. The van der Waals surface area contributed by atoms with Crippen LogP contribution in [0.3, 0.4) is 0 Å². The van der Waals surface area contributed by atoms with Crippen molar-refractivity contribution in [2.45, 2.75) is 20.4 Å². The maximum absolute atomic E-state index is 12.2. The molecule has 112 valence electrons. The van der Waals surface area contributed by atoms with E-state index in [1.165, 1.54) is 12.1 Å². The predicted molar refractivity (Wildman–Crippen MR) is 84.9 cm³/mol. The van der Waals surface area contributed by atoms with Gasteiger partial charge in [0.05, 0.1) is 11.7 Å². The number of benzene rings is 1. The summed E-state index contributed by atoms with van der Waals surface area (Å²) in [5, 5.41) is 10.7. The second-order valence-corrected chi connectivity index (χ2v) is 5.28. The van der Waals surface area contributed by atoms with E-state index in [4.69, 9.17) is 0 Å². The summed E-state index contributed by atoms with van der Waals surface area (Å²) in [6.07, 6.45) is 1.73. The normalized spacial score (nSPS) is 10.8. The smallest absolute Gasteiger partial charge is 0.244 e. The second-order valence-electron chi connectivity index (χ2n) is 5.28. The third kappa shape index (κ3) is 2.76. The number of nitrogens with zero attached hydrogens (tertiary/aromatic N) is 2. The van der Waals surface area contributed by atoms with Crippen molar-refractivity contribution in [3.8, 4) is 0 Å². The van der Waals surface area contributed by atoms with E-state index in [9.17, 15) is 9.59 Å². The van der Waals surface area contributed by atoms with E-state index in [2.05, 4.69) is 15.5 Å². The quantitative estimate of drug-likeness (QED) is 0.775. The SMILES string of the molecule is Cc1cc(=O)cc(C)n1CC(=O)Nc1ccc2cn[nH]c2c1. The number of carbonyl (C=O) groups is 1. The van der Waals surface area contributed by atoms with Crippen molar-refractivity contribution in [3.05, 3.63) is 58.1 Å². The third-order valence-electron chi connectivity index (χ3n) is 3.58. The monoisotopic (exact) mass is 296 g/mol. The van der Waals surface area contributed by atoms with Crippen molar-refractivity contribution in [2.24, 2.45) is 0 Å². The molecular weight excluding hydrogens is 280 g/mol. The van der Waals surface area contributed by atoms with Gasteiger partial charge in [-0.3, -0.25) is 14.7 Å². The van der Waals surface area contributed by atoms with Crippen LogP contribution in [-0.4, -0.2) is 20.7 Å². The zero-order valence-electron chi connectivity index (χ0n) is 12.4. The van der Waals surface area contributed by atoms with Crippen molar-refractivity contribution in [3.63, 3.8) is 0 Å². The number of pyridine rings is 1. The topological polar surface area (TPSA) is 79.8 Å². The van der Waals surface area contributed by atoms with E-state index < -0.39 is 0 Å². The number of amides is 1. The van der Waals surface area contributed by atoms with Gasteiger partial charge in [0.15, 0.2) is 5.43 Å². The summed E-state index contributed by atoms with van der Waals surface area (Å²) in [5.74, 6) is -0.145. The molecular formula is C16H16N4O2. The summed E-state index contributed by atoms with van der Waals surface area (Å²) in [6, 6.07) is 8.62. The van der Waals surface area contributed by atoms with Gasteiger partial charge in [0.1, 0.15) is 6.54 Å². The second kappa shape index (κ2) is 5.48. The minimum Gasteiger partial charge on any atom is -0.340 e. The number of H-pyrrole nitrogens is 1. The molecule has 0 radical (unpaired) electrons. The number of aromatic amines is 1. The van der Waals surface area contributed by atoms with Crippen LogP contribution < -0.4 is 10.7 Å². The van der Waals surface area contributed by atoms with E-state index >= 15 is 0 Å². The van der Waals surface area contributed by atoms with Gasteiger partial charge in [-0.05, 0) is 32.0 Å². The molecule has 0 saturated heterocycles. The highest BCUT2D eigenvalue weighted by Crippen LogP contribution is 2.16. The summed E-state index contributed by atoms with van der Waals surface area (Å²) >= 11 is 0. The van der Waals surface area contributed by atoms with Gasteiger partial charge in [0, 0.05) is 34.6 Å². The van der Waals surface area contributed by atoms with Crippen LogP contribution in [0.1, 0.15) is 11.4 Å². The van der Waals surface area contributed by atoms with Crippen molar-refractivity contribution in [1.29, 1.82) is 0 Å². The Bertz CT molecular complexity index is 882. The highest BCUT2D eigenvalue weighted by atomic mass is 16.2. The van der Waals surface area contributed by atoms with Crippen molar-refractivity contribution < 1.29 is 4.79 Å². The van der Waals surface area contributed by atoms with Gasteiger partial charge in [-0.15, -0.1) is 0 Å². The molecule has 0 aliphatic rings. The third-order valence-corrected chi connectivity index (χ3v) is 3.58. The van der Waals surface area contributed by atoms with Crippen LogP contribution in [0, 0.1) is 13.8 Å². The standard InChI is InChI=1S/C16H16N4O2/c1-10-5-14(21)6-11(2)20(10)9-16(22)18-13-4-3-12-8-17-19-15(12)7-13/h3-8H,9H2,1-2H3,(H,17,19)(H,18,22). The van der Waals surface area contributed by atoms with Gasteiger partial charge >= 0.3 is 0 Å². The number of nitrogens with one attached hydrogen (secondary N) is 2. The lowest BCUT2D eigenvalue weighted by molar-refractivity contribution is -0.116. The van der Waals surface area contributed by atoms with E-state index in [0.29, 0.717) is 5.69 Å². The number of aryl methyl sites for hydroxylation is 2. The highest BCUT2D eigenvalue weighted by Gasteiger charge is 2.08. The number of aromatic nitrogens is 3. The molecule has 0 atom stereocenters. The molecule has 0 aliphatic heterocycles. The molecule has 0 fully saturated rings. The highest BCUT2D eigenvalue weighted by molar-refractivity contribution is 5.93. The van der Waals surface area contributed by atoms with Gasteiger partial charge in [-0.25, -0.2) is 0 Å². The van der Waals surface area contributed by atoms with E-state index in [0.717, 1.165) is 22.3 Å². The van der Waals surface area contributed by atoms with Gasteiger partial charge in [-0.2, -0.15) is 5.10 Å². The largest absolute Gasteiger partial charge is 0.340 e. The summed E-state index contributed by atoms with van der Waals surface area (Å²) in [4.78, 5) is 23.6. The van der Waals surface area contributed by atoms with Gasteiger partial charge in [0.25, 0.3) is 0 Å². The number of hydrogen-bond donors (Lipinski definition) is 2. The summed E-state index contributed by atoms with van der Waals surface area (Å²) < 4.78 is 1.81. The molecule has 6 heteroatoms. The molecule has 1 aromatic carbocycles. The van der Waals surface area contributed by atoms with Crippen LogP contribution in [0.4, 0.5) is 5.69 Å². The van der Waals surface area contributed by atoms with E-state index in [1.54, 1.807) is 6.20 Å². The first-order chi connectivity index (χ1) is 10.5. The number of fused-ring (bicyclic) bond motifs is 1. The Hall–Kier alpha value is -2.89. The predicted octanol–water partition coefficient (Wildman–Crippen LogP) is 1.98. The first kappa shape index (κ1) is 14.1. The first-order valence-electron chi connectivity index (χ1n) is 6.94. The molecule has 2 heterocycles. The van der Waals surface area contributed by atoms with Crippen molar-refractivity contribution in [1.82, 2.24) is 14.8 Å². The zero-order chi connectivity index (χ0) is 15.7. The molecule has 0 bridgehead atoms. The zero-order valence-corrected chi connectivity index (χ0v) is 12.4. The maximum atomic E-state index is 12.2. The molecule has 0 unspecified atom stereocenters. The minimum atomic E-state index is -0.145. The Kier molecular flexibility index (Phi) is 3.50. The van der Waals surface area contributed by atoms with Crippen LogP contribution in [0.2, 0.25) is 0 Å². The Labute approximate surface area is 126 Å². The summed E-state index contributed by atoms with van der Waals surface area (Å²) in [7, 11) is 0. The van der Waals surface area contributed by atoms with Crippen LogP contribution in [0.5, 0.6) is 0 Å². The average molecular weight is 296 g/mol. The van der Waals surface area contributed by atoms with Crippen molar-refractivity contribution >= 4 is 22.5 Å². The Morgan fingerprint density at radius 2 is 1.95 bits per heavy atom. The number of hydrogen-bond acceptors (Lipinski definition) is 3. The molecule has 0 spiro atoms. The number of carbonyl (C=O) groups excluding carboxylic acids is 1. The van der Waals surface area contributed by atoms with Crippen molar-refractivity contribution in [2.75, 3.05) is 5.32 Å². The van der Waals surface area contributed by atoms with Crippen LogP contribution in [0.25, 0.3) is 10.9 Å². The van der Waals surface area contributed by atoms with Gasteiger partial charge < -0.3 is 9.88 Å². The summed E-state index contributed by atoms with van der Waals surface area (Å²) in [6.45, 7) is 3.80.